The van der Waals surface area contributed by atoms with Crippen LogP contribution in [0.2, 0.25) is 0 Å². The van der Waals surface area contributed by atoms with Crippen LogP contribution in [0.4, 0.5) is 23.0 Å². The van der Waals surface area contributed by atoms with Gasteiger partial charge in [0.1, 0.15) is 11.6 Å². The number of nitrogens with zero attached hydrogens (tertiary/aromatic N) is 4. The summed E-state index contributed by atoms with van der Waals surface area (Å²) in [6.45, 7) is 17.5. The number of hydrogen-bond donors (Lipinski definition) is 0. The summed E-state index contributed by atoms with van der Waals surface area (Å²) in [5, 5.41) is 0. The summed E-state index contributed by atoms with van der Waals surface area (Å²) in [6.07, 6.45) is 8.04. The zero-order chi connectivity index (χ0) is 29.6. The molecule has 0 bridgehead atoms. The Kier molecular flexibility index (Phi) is 8.78. The fourth-order valence-corrected chi connectivity index (χ4v) is 6.12. The number of benzene rings is 2. The third-order valence-corrected chi connectivity index (χ3v) is 8.38. The summed E-state index contributed by atoms with van der Waals surface area (Å²) < 4.78 is 6.61. The van der Waals surface area contributed by atoms with Crippen molar-refractivity contribution in [3.8, 4) is 11.5 Å². The molecular formula is C37H42N4OPt. The van der Waals surface area contributed by atoms with E-state index in [4.69, 9.17) is 9.72 Å². The second kappa shape index (κ2) is 12.1. The Morgan fingerprint density at radius 2 is 1.37 bits per heavy atom. The van der Waals surface area contributed by atoms with E-state index in [1.165, 1.54) is 27.8 Å². The standard InChI is InChI=1S/C37H42N4O.Pt/c1-25-14-16-38-34(20-25)40-18-8-10-26-12-13-28(23-32(26)40)42-29-22-31(37(5,6)7)30-11-9-19-41(33(30)24-29)35-21-27(15-17-39-35)36(2,3)4;/h12-17,20-22H,8-11,18-19H2,1-7H3;/q-2;+2. The first kappa shape index (κ1) is 31.3. The molecule has 4 heterocycles. The smallest absolute Gasteiger partial charge is 0.509 e. The van der Waals surface area contributed by atoms with Crippen molar-refractivity contribution in [3.63, 3.8) is 0 Å². The van der Waals surface area contributed by atoms with Crippen LogP contribution in [0.25, 0.3) is 0 Å². The number of rotatable bonds is 4. The number of fused-ring (bicyclic) bond motifs is 2. The van der Waals surface area contributed by atoms with Crippen LogP contribution in [-0.2, 0) is 44.7 Å². The molecule has 0 unspecified atom stereocenters. The Labute approximate surface area is 272 Å². The van der Waals surface area contributed by atoms with E-state index in [-0.39, 0.29) is 31.9 Å². The van der Waals surface area contributed by atoms with Gasteiger partial charge in [-0.2, -0.15) is 6.07 Å². The Hall–Kier alpha value is -3.17. The molecule has 0 saturated carbocycles. The number of aryl methyl sites for hydroxylation is 2. The van der Waals surface area contributed by atoms with Crippen molar-refractivity contribution in [3.05, 3.63) is 94.8 Å². The van der Waals surface area contributed by atoms with Crippen LogP contribution in [-0.4, -0.2) is 23.1 Å². The third kappa shape index (κ3) is 6.53. The summed E-state index contributed by atoms with van der Waals surface area (Å²) >= 11 is 0. The van der Waals surface area contributed by atoms with Gasteiger partial charge in [-0.25, -0.2) is 9.97 Å². The minimum atomic E-state index is -0.0474. The molecule has 2 aromatic heterocycles. The van der Waals surface area contributed by atoms with Crippen LogP contribution in [0, 0.1) is 19.1 Å². The van der Waals surface area contributed by atoms with Gasteiger partial charge in [0.15, 0.2) is 0 Å². The molecule has 226 valence electrons. The predicted octanol–water partition coefficient (Wildman–Crippen LogP) is 8.94. The summed E-state index contributed by atoms with van der Waals surface area (Å²) in [5.74, 6) is 3.34. The zero-order valence-electron chi connectivity index (χ0n) is 26.5. The number of ether oxygens (including phenoxy) is 1. The van der Waals surface area contributed by atoms with Crippen LogP contribution in [0.3, 0.4) is 0 Å². The van der Waals surface area contributed by atoms with Gasteiger partial charge in [0, 0.05) is 37.0 Å². The number of anilines is 4. The maximum Gasteiger partial charge on any atom is 2.00 e. The molecule has 2 aromatic carbocycles. The first-order valence-electron chi connectivity index (χ1n) is 15.2. The first-order chi connectivity index (χ1) is 20.0. The summed E-state index contributed by atoms with van der Waals surface area (Å²) in [5.41, 5.74) is 8.52. The zero-order valence-corrected chi connectivity index (χ0v) is 28.7. The van der Waals surface area contributed by atoms with Crippen molar-refractivity contribution in [2.24, 2.45) is 0 Å². The van der Waals surface area contributed by atoms with Gasteiger partial charge in [-0.15, -0.1) is 41.0 Å². The predicted molar refractivity (Wildman–Crippen MR) is 172 cm³/mol. The van der Waals surface area contributed by atoms with Crippen molar-refractivity contribution in [1.82, 2.24) is 9.97 Å². The minimum absolute atomic E-state index is 0. The second-order valence-corrected chi connectivity index (χ2v) is 13.8. The molecule has 43 heavy (non-hydrogen) atoms. The minimum Gasteiger partial charge on any atom is -0.509 e. The number of hydrogen-bond acceptors (Lipinski definition) is 5. The molecule has 0 atom stereocenters. The van der Waals surface area contributed by atoms with E-state index in [1.54, 1.807) is 0 Å². The third-order valence-electron chi connectivity index (χ3n) is 8.38. The monoisotopic (exact) mass is 753 g/mol. The molecule has 2 aliphatic rings. The fraction of sp³-hybridized carbons (Fsp3) is 0.405. The quantitative estimate of drug-likeness (QED) is 0.195. The van der Waals surface area contributed by atoms with Gasteiger partial charge in [0.25, 0.3) is 0 Å². The molecule has 6 heteroatoms. The largest absolute Gasteiger partial charge is 2.00 e. The Bertz CT molecular complexity index is 1620. The molecule has 0 aliphatic carbocycles. The van der Waals surface area contributed by atoms with E-state index in [1.807, 2.05) is 24.5 Å². The van der Waals surface area contributed by atoms with Crippen LogP contribution < -0.4 is 14.5 Å². The van der Waals surface area contributed by atoms with Crippen LogP contribution in [0.5, 0.6) is 11.5 Å². The summed E-state index contributed by atoms with van der Waals surface area (Å²) in [7, 11) is 0. The van der Waals surface area contributed by atoms with E-state index >= 15 is 0 Å². The Morgan fingerprint density at radius 3 is 2.07 bits per heavy atom. The van der Waals surface area contributed by atoms with Crippen molar-refractivity contribution in [1.29, 1.82) is 0 Å². The van der Waals surface area contributed by atoms with Crippen LogP contribution >= 0.6 is 0 Å². The Morgan fingerprint density at radius 1 is 0.721 bits per heavy atom. The number of aromatic nitrogens is 2. The van der Waals surface area contributed by atoms with Gasteiger partial charge in [-0.1, -0.05) is 65.8 Å². The molecule has 6 rings (SSSR count). The summed E-state index contributed by atoms with van der Waals surface area (Å²) in [4.78, 5) is 14.1. The molecule has 4 aromatic rings. The van der Waals surface area contributed by atoms with E-state index in [9.17, 15) is 0 Å². The molecule has 0 radical (unpaired) electrons. The maximum atomic E-state index is 6.61. The van der Waals surface area contributed by atoms with E-state index in [0.29, 0.717) is 11.5 Å². The first-order valence-corrected chi connectivity index (χ1v) is 15.2. The molecule has 2 aliphatic heterocycles. The molecule has 0 N–H and O–H groups in total. The van der Waals surface area contributed by atoms with E-state index < -0.39 is 0 Å². The molecule has 0 amide bonds. The average molecular weight is 754 g/mol. The van der Waals surface area contributed by atoms with E-state index in [2.05, 4.69) is 106 Å². The normalized spacial score (nSPS) is 15.0. The van der Waals surface area contributed by atoms with Crippen molar-refractivity contribution < 1.29 is 25.8 Å². The maximum absolute atomic E-state index is 6.61. The Balaban J connectivity index is 0.00000368. The second-order valence-electron chi connectivity index (χ2n) is 13.8. The molecular weight excluding hydrogens is 712 g/mol. The summed E-state index contributed by atoms with van der Waals surface area (Å²) in [6, 6.07) is 22.2. The number of pyridine rings is 2. The van der Waals surface area contributed by atoms with E-state index in [0.717, 1.165) is 61.8 Å². The van der Waals surface area contributed by atoms with Crippen LogP contribution in [0.15, 0.2) is 54.9 Å². The SMILES string of the molecule is Cc1ccnc(N2CCCc3ccc(Oc4[c-]c5c(c(C(C)(C)C)c4)CCCN5c4cc(C(C)(C)C)ccn4)[c-]c32)c1.[Pt+2]. The van der Waals surface area contributed by atoms with Gasteiger partial charge in [0.05, 0.1) is 0 Å². The fourth-order valence-electron chi connectivity index (χ4n) is 6.12. The van der Waals surface area contributed by atoms with Gasteiger partial charge in [-0.05, 0) is 66.0 Å². The van der Waals surface area contributed by atoms with Crippen molar-refractivity contribution >= 4 is 23.0 Å². The molecule has 0 fully saturated rings. The van der Waals surface area contributed by atoms with Crippen LogP contribution in [0.1, 0.15) is 82.2 Å². The molecule has 5 nitrogen and oxygen atoms in total. The topological polar surface area (TPSA) is 41.5 Å². The van der Waals surface area contributed by atoms with Gasteiger partial charge >= 0.3 is 21.1 Å². The molecule has 0 spiro atoms. The van der Waals surface area contributed by atoms with Crippen molar-refractivity contribution in [2.75, 3.05) is 22.9 Å². The van der Waals surface area contributed by atoms with Gasteiger partial charge < -0.3 is 14.5 Å². The average Bonchev–Trinajstić information content (AvgIpc) is 2.95. The van der Waals surface area contributed by atoms with Gasteiger partial charge in [0.2, 0.25) is 0 Å². The van der Waals surface area contributed by atoms with Gasteiger partial charge in [-0.3, -0.25) is 0 Å². The molecule has 0 saturated heterocycles. The van der Waals surface area contributed by atoms with Crippen molar-refractivity contribution in [2.45, 2.75) is 85.0 Å².